The van der Waals surface area contributed by atoms with E-state index in [2.05, 4.69) is 27.4 Å². The van der Waals surface area contributed by atoms with Gasteiger partial charge in [-0.25, -0.2) is 4.98 Å². The van der Waals surface area contributed by atoms with Crippen molar-refractivity contribution >= 4 is 17.4 Å². The molecule has 2 heterocycles. The van der Waals surface area contributed by atoms with Gasteiger partial charge in [0.2, 0.25) is 5.91 Å². The molecule has 1 atom stereocenters. The number of carbonyl (C=O) groups is 1. The number of nitrogens with one attached hydrogen (secondary N) is 1. The summed E-state index contributed by atoms with van der Waals surface area (Å²) >= 11 is 0. The fourth-order valence-electron chi connectivity index (χ4n) is 2.91. The van der Waals surface area contributed by atoms with E-state index in [4.69, 9.17) is 0 Å². The van der Waals surface area contributed by atoms with Gasteiger partial charge in [0.25, 0.3) is 0 Å². The van der Waals surface area contributed by atoms with Gasteiger partial charge in [-0.2, -0.15) is 0 Å². The van der Waals surface area contributed by atoms with Crippen LogP contribution in [0.3, 0.4) is 0 Å². The summed E-state index contributed by atoms with van der Waals surface area (Å²) in [6.07, 6.45) is 11.3. The van der Waals surface area contributed by atoms with Crippen molar-refractivity contribution in [3.8, 4) is 0 Å². The van der Waals surface area contributed by atoms with Crippen LogP contribution >= 0.6 is 0 Å². The number of rotatable bonds is 4. The quantitative estimate of drug-likeness (QED) is 0.856. The molecule has 20 heavy (non-hydrogen) atoms. The van der Waals surface area contributed by atoms with Crippen LogP contribution in [0.15, 0.2) is 30.5 Å². The molecule has 0 aromatic carbocycles. The Morgan fingerprint density at radius 1 is 1.35 bits per heavy atom. The molecule has 0 bridgehead atoms. The maximum absolute atomic E-state index is 11.9. The first-order valence-electron chi connectivity index (χ1n) is 7.49. The Hall–Kier alpha value is -1.84. The smallest absolute Gasteiger partial charge is 0.225 e. The molecule has 1 N–H and O–H groups in total. The number of nitrogens with zero attached hydrogens (tertiary/aromatic N) is 2. The second-order valence-corrected chi connectivity index (χ2v) is 5.62. The number of allylic oxidation sites excluding steroid dienone is 2. The molecule has 106 valence electrons. The van der Waals surface area contributed by atoms with Crippen LogP contribution in [-0.4, -0.2) is 24.0 Å². The third kappa shape index (κ3) is 3.18. The zero-order chi connectivity index (χ0) is 13.8. The molecule has 1 aromatic heterocycles. The predicted octanol–water partition coefficient (Wildman–Crippen LogP) is 2.98. The summed E-state index contributed by atoms with van der Waals surface area (Å²) in [6, 6.07) is 3.94. The average Bonchev–Trinajstić information content (AvgIpc) is 3.12. The van der Waals surface area contributed by atoms with E-state index in [9.17, 15) is 4.79 Å². The van der Waals surface area contributed by atoms with E-state index < -0.39 is 0 Å². The van der Waals surface area contributed by atoms with Gasteiger partial charge in [-0.05, 0) is 43.7 Å². The number of pyridine rings is 1. The third-order valence-corrected chi connectivity index (χ3v) is 4.02. The standard InChI is InChI=1S/C16H21N3O/c20-16(11-13-5-1-2-6-13)18-14-7-8-15(17-12-14)19-9-3-4-10-19/h1,5,7-8,12-13H,2-4,6,9-11H2,(H,18,20)/t13-/m1/s1. The zero-order valence-electron chi connectivity index (χ0n) is 11.7. The highest BCUT2D eigenvalue weighted by atomic mass is 16.1. The first-order valence-corrected chi connectivity index (χ1v) is 7.49. The van der Waals surface area contributed by atoms with Crippen molar-refractivity contribution in [3.63, 3.8) is 0 Å². The van der Waals surface area contributed by atoms with Gasteiger partial charge in [-0.1, -0.05) is 12.2 Å². The number of anilines is 2. The van der Waals surface area contributed by atoms with Crippen LogP contribution in [-0.2, 0) is 4.79 Å². The molecule has 4 nitrogen and oxygen atoms in total. The highest BCUT2D eigenvalue weighted by Gasteiger charge is 2.15. The van der Waals surface area contributed by atoms with E-state index in [1.165, 1.54) is 12.8 Å². The van der Waals surface area contributed by atoms with Crippen LogP contribution < -0.4 is 10.2 Å². The lowest BCUT2D eigenvalue weighted by atomic mass is 10.1. The van der Waals surface area contributed by atoms with Crippen molar-refractivity contribution in [2.75, 3.05) is 23.3 Å². The molecular formula is C16H21N3O. The second kappa shape index (κ2) is 6.07. The van der Waals surface area contributed by atoms with E-state index in [-0.39, 0.29) is 5.91 Å². The summed E-state index contributed by atoms with van der Waals surface area (Å²) in [5, 5.41) is 2.93. The van der Waals surface area contributed by atoms with Gasteiger partial charge in [0.05, 0.1) is 11.9 Å². The minimum absolute atomic E-state index is 0.0808. The number of carbonyl (C=O) groups excluding carboxylic acids is 1. The molecule has 1 amide bonds. The average molecular weight is 271 g/mol. The summed E-state index contributed by atoms with van der Waals surface area (Å²) in [5.41, 5.74) is 0.792. The van der Waals surface area contributed by atoms with Gasteiger partial charge < -0.3 is 10.2 Å². The Labute approximate surface area is 119 Å². The second-order valence-electron chi connectivity index (χ2n) is 5.62. The van der Waals surface area contributed by atoms with Crippen LogP contribution in [0.5, 0.6) is 0 Å². The summed E-state index contributed by atoms with van der Waals surface area (Å²) in [7, 11) is 0. The van der Waals surface area contributed by atoms with Gasteiger partial charge in [0.15, 0.2) is 0 Å². The predicted molar refractivity (Wildman–Crippen MR) is 80.8 cm³/mol. The lowest BCUT2D eigenvalue weighted by molar-refractivity contribution is -0.116. The van der Waals surface area contributed by atoms with Crippen LogP contribution in [0.1, 0.15) is 32.1 Å². The maximum atomic E-state index is 11.9. The van der Waals surface area contributed by atoms with Crippen LogP contribution in [0.25, 0.3) is 0 Å². The van der Waals surface area contributed by atoms with Crippen molar-refractivity contribution in [2.24, 2.45) is 5.92 Å². The third-order valence-electron chi connectivity index (χ3n) is 4.02. The molecule has 0 spiro atoms. The Kier molecular flexibility index (Phi) is 4.00. The Bertz CT molecular complexity index is 489. The van der Waals surface area contributed by atoms with Crippen molar-refractivity contribution in [1.29, 1.82) is 0 Å². The largest absolute Gasteiger partial charge is 0.357 e. The molecule has 1 saturated heterocycles. The van der Waals surface area contributed by atoms with Crippen molar-refractivity contribution in [1.82, 2.24) is 4.98 Å². The highest BCUT2D eigenvalue weighted by Crippen LogP contribution is 2.22. The highest BCUT2D eigenvalue weighted by molar-refractivity contribution is 5.90. The van der Waals surface area contributed by atoms with Gasteiger partial charge in [-0.15, -0.1) is 0 Å². The Morgan fingerprint density at radius 2 is 2.20 bits per heavy atom. The minimum Gasteiger partial charge on any atom is -0.357 e. The molecule has 0 unspecified atom stereocenters. The Morgan fingerprint density at radius 3 is 2.85 bits per heavy atom. The van der Waals surface area contributed by atoms with Gasteiger partial charge in [-0.3, -0.25) is 4.79 Å². The molecular weight excluding hydrogens is 250 g/mol. The van der Waals surface area contributed by atoms with Crippen LogP contribution in [0.4, 0.5) is 11.5 Å². The van der Waals surface area contributed by atoms with Crippen molar-refractivity contribution in [2.45, 2.75) is 32.1 Å². The summed E-state index contributed by atoms with van der Waals surface area (Å²) in [4.78, 5) is 18.7. The van der Waals surface area contributed by atoms with Gasteiger partial charge in [0.1, 0.15) is 5.82 Å². The monoisotopic (exact) mass is 271 g/mol. The van der Waals surface area contributed by atoms with Crippen LogP contribution in [0.2, 0.25) is 0 Å². The van der Waals surface area contributed by atoms with E-state index in [0.29, 0.717) is 12.3 Å². The number of amides is 1. The lowest BCUT2D eigenvalue weighted by Gasteiger charge is -2.16. The van der Waals surface area contributed by atoms with E-state index in [0.717, 1.165) is 37.4 Å². The summed E-state index contributed by atoms with van der Waals surface area (Å²) < 4.78 is 0. The number of hydrogen-bond donors (Lipinski definition) is 1. The molecule has 1 fully saturated rings. The minimum atomic E-state index is 0.0808. The molecule has 4 heteroatoms. The molecule has 1 aromatic rings. The van der Waals surface area contributed by atoms with E-state index in [1.54, 1.807) is 6.20 Å². The fraction of sp³-hybridized carbons (Fsp3) is 0.500. The SMILES string of the molecule is O=C(C[C@@H]1C=CCC1)Nc1ccc(N2CCCC2)nc1. The normalized spacial score (nSPS) is 21.4. The molecule has 0 radical (unpaired) electrons. The van der Waals surface area contributed by atoms with Gasteiger partial charge in [0, 0.05) is 19.5 Å². The topological polar surface area (TPSA) is 45.2 Å². The van der Waals surface area contributed by atoms with E-state index >= 15 is 0 Å². The molecule has 1 aliphatic carbocycles. The zero-order valence-corrected chi connectivity index (χ0v) is 11.7. The maximum Gasteiger partial charge on any atom is 0.225 e. The van der Waals surface area contributed by atoms with Crippen LogP contribution in [0, 0.1) is 5.92 Å². The molecule has 3 rings (SSSR count). The molecule has 1 aliphatic heterocycles. The first kappa shape index (κ1) is 13.2. The van der Waals surface area contributed by atoms with Gasteiger partial charge >= 0.3 is 0 Å². The Balaban J connectivity index is 1.54. The fourth-order valence-corrected chi connectivity index (χ4v) is 2.91. The molecule has 2 aliphatic rings. The number of aromatic nitrogens is 1. The van der Waals surface area contributed by atoms with E-state index in [1.807, 2.05) is 12.1 Å². The van der Waals surface area contributed by atoms with Crippen molar-refractivity contribution in [3.05, 3.63) is 30.5 Å². The summed E-state index contributed by atoms with van der Waals surface area (Å²) in [5.74, 6) is 1.50. The van der Waals surface area contributed by atoms with Crippen molar-refractivity contribution < 1.29 is 4.79 Å². The number of hydrogen-bond acceptors (Lipinski definition) is 3. The summed E-state index contributed by atoms with van der Waals surface area (Å²) in [6.45, 7) is 2.18. The first-order chi connectivity index (χ1) is 9.81. The lowest BCUT2D eigenvalue weighted by Crippen LogP contribution is -2.19. The molecule has 0 saturated carbocycles.